The number of halogens is 1. The number of carbonyl (C=O) groups is 1. The Morgan fingerprint density at radius 1 is 1.19 bits per heavy atom. The zero-order valence-electron chi connectivity index (χ0n) is 15.4. The van der Waals surface area contributed by atoms with Crippen molar-refractivity contribution < 1.29 is 14.3 Å². The van der Waals surface area contributed by atoms with Crippen molar-refractivity contribution in [3.8, 4) is 5.75 Å². The summed E-state index contributed by atoms with van der Waals surface area (Å²) in [6.45, 7) is 4.52. The number of para-hydroxylation sites is 1. The van der Waals surface area contributed by atoms with Gasteiger partial charge in [-0.2, -0.15) is 0 Å². The van der Waals surface area contributed by atoms with Gasteiger partial charge in [0.15, 0.2) is 0 Å². The number of hydrogen-bond donors (Lipinski definition) is 0. The molecule has 0 atom stereocenters. The van der Waals surface area contributed by atoms with E-state index in [0.717, 1.165) is 39.8 Å². The molecular formula is C21H21BrN2O3. The van der Waals surface area contributed by atoms with Crippen molar-refractivity contribution in [2.24, 2.45) is 0 Å². The number of rotatable bonds is 4. The van der Waals surface area contributed by atoms with Crippen molar-refractivity contribution in [1.29, 1.82) is 0 Å². The summed E-state index contributed by atoms with van der Waals surface area (Å²) in [5, 5.41) is 0.874. The molecule has 6 heteroatoms. The van der Waals surface area contributed by atoms with E-state index in [0.29, 0.717) is 24.5 Å². The molecule has 1 aromatic heterocycles. The highest BCUT2D eigenvalue weighted by Crippen LogP contribution is 2.37. The van der Waals surface area contributed by atoms with E-state index < -0.39 is 0 Å². The Bertz CT molecular complexity index is 998. The largest absolute Gasteiger partial charge is 0.496 e. The van der Waals surface area contributed by atoms with Gasteiger partial charge in [-0.1, -0.05) is 18.2 Å². The zero-order valence-corrected chi connectivity index (χ0v) is 17.0. The summed E-state index contributed by atoms with van der Waals surface area (Å²) in [5.41, 5.74) is 3.80. The first kappa shape index (κ1) is 17.9. The Kier molecular flexibility index (Phi) is 4.83. The molecule has 0 N–H and O–H groups in total. The molecule has 27 heavy (non-hydrogen) atoms. The van der Waals surface area contributed by atoms with Gasteiger partial charge in [0.05, 0.1) is 41.5 Å². The van der Waals surface area contributed by atoms with Gasteiger partial charge >= 0.3 is 5.97 Å². The lowest BCUT2D eigenvalue weighted by atomic mass is 10.1. The van der Waals surface area contributed by atoms with Crippen LogP contribution in [-0.2, 0) is 17.8 Å². The minimum Gasteiger partial charge on any atom is -0.496 e. The predicted molar refractivity (Wildman–Crippen MR) is 110 cm³/mol. The average molecular weight is 429 g/mol. The standard InChI is InChI=1S/C21H21BrN2O3/c1-3-27-21(25)20-15-11-19(26-2)16(22)12-17(15)24-10-9-23(13-18(20)24)14-7-5-4-6-8-14/h4-8,11-12H,3,9-10,13H2,1-2H3. The van der Waals surface area contributed by atoms with Crippen LogP contribution in [-0.4, -0.2) is 30.8 Å². The first-order valence-electron chi connectivity index (χ1n) is 8.99. The smallest absolute Gasteiger partial charge is 0.340 e. The maximum absolute atomic E-state index is 12.8. The quantitative estimate of drug-likeness (QED) is 0.569. The van der Waals surface area contributed by atoms with Crippen molar-refractivity contribution >= 4 is 38.5 Å². The molecule has 5 nitrogen and oxygen atoms in total. The van der Waals surface area contributed by atoms with Crippen molar-refractivity contribution in [2.75, 3.05) is 25.2 Å². The zero-order chi connectivity index (χ0) is 19.0. The minimum absolute atomic E-state index is 0.282. The summed E-state index contributed by atoms with van der Waals surface area (Å²) in [7, 11) is 1.63. The molecule has 2 aromatic carbocycles. The molecule has 3 aromatic rings. The van der Waals surface area contributed by atoms with Crippen LogP contribution in [0.2, 0.25) is 0 Å². The molecule has 0 fully saturated rings. The van der Waals surface area contributed by atoms with Gasteiger partial charge in [-0.3, -0.25) is 0 Å². The van der Waals surface area contributed by atoms with E-state index >= 15 is 0 Å². The summed E-state index contributed by atoms with van der Waals surface area (Å²) in [6, 6.07) is 14.2. The third-order valence-corrected chi connectivity index (χ3v) is 5.60. The van der Waals surface area contributed by atoms with E-state index in [4.69, 9.17) is 9.47 Å². The second-order valence-electron chi connectivity index (χ2n) is 6.45. The highest BCUT2D eigenvalue weighted by Gasteiger charge is 2.29. The molecule has 2 heterocycles. The minimum atomic E-state index is -0.282. The third-order valence-electron chi connectivity index (χ3n) is 4.98. The fraction of sp³-hybridized carbons (Fsp3) is 0.286. The third kappa shape index (κ3) is 3.08. The van der Waals surface area contributed by atoms with Crippen molar-refractivity contribution in [2.45, 2.75) is 20.0 Å². The van der Waals surface area contributed by atoms with Crippen LogP contribution >= 0.6 is 15.9 Å². The normalized spacial score (nSPS) is 13.5. The lowest BCUT2D eigenvalue weighted by Gasteiger charge is -2.31. The summed E-state index contributed by atoms with van der Waals surface area (Å²) in [5.74, 6) is 0.423. The van der Waals surface area contributed by atoms with Gasteiger partial charge in [0.1, 0.15) is 5.75 Å². The van der Waals surface area contributed by atoms with Crippen LogP contribution in [0.15, 0.2) is 46.9 Å². The number of hydrogen-bond acceptors (Lipinski definition) is 4. The summed E-state index contributed by atoms with van der Waals surface area (Å²) in [6.07, 6.45) is 0. The molecule has 0 radical (unpaired) electrons. The Morgan fingerprint density at radius 2 is 1.96 bits per heavy atom. The number of anilines is 1. The molecule has 0 saturated heterocycles. The molecule has 0 amide bonds. The van der Waals surface area contributed by atoms with Crippen LogP contribution in [0.3, 0.4) is 0 Å². The molecule has 1 aliphatic rings. The molecule has 0 unspecified atom stereocenters. The fourth-order valence-corrected chi connectivity index (χ4v) is 4.24. The van der Waals surface area contributed by atoms with E-state index in [-0.39, 0.29) is 5.97 Å². The van der Waals surface area contributed by atoms with E-state index in [1.807, 2.05) is 37.3 Å². The van der Waals surface area contributed by atoms with Crippen LogP contribution in [0.5, 0.6) is 5.75 Å². The maximum Gasteiger partial charge on any atom is 0.340 e. The first-order valence-corrected chi connectivity index (χ1v) is 9.79. The van der Waals surface area contributed by atoms with E-state index in [9.17, 15) is 4.79 Å². The number of benzene rings is 2. The molecule has 1 aliphatic heterocycles. The number of aromatic nitrogens is 1. The van der Waals surface area contributed by atoms with Crippen molar-refractivity contribution in [1.82, 2.24) is 4.57 Å². The van der Waals surface area contributed by atoms with Gasteiger partial charge in [0, 0.05) is 24.2 Å². The Hall–Kier alpha value is -2.47. The van der Waals surface area contributed by atoms with Crippen LogP contribution in [0, 0.1) is 0 Å². The molecule has 0 saturated carbocycles. The lowest BCUT2D eigenvalue weighted by molar-refractivity contribution is 0.0527. The van der Waals surface area contributed by atoms with Crippen molar-refractivity contribution in [3.05, 3.63) is 58.2 Å². The fourth-order valence-electron chi connectivity index (χ4n) is 3.75. The van der Waals surface area contributed by atoms with Gasteiger partial charge in [-0.25, -0.2) is 4.79 Å². The van der Waals surface area contributed by atoms with E-state index in [1.54, 1.807) is 7.11 Å². The summed E-state index contributed by atoms with van der Waals surface area (Å²) < 4.78 is 13.9. The van der Waals surface area contributed by atoms with Gasteiger partial charge in [-0.05, 0) is 47.1 Å². The average Bonchev–Trinajstić information content (AvgIpc) is 3.00. The number of fused-ring (bicyclic) bond motifs is 3. The summed E-state index contributed by atoms with van der Waals surface area (Å²) in [4.78, 5) is 15.1. The number of nitrogens with zero attached hydrogens (tertiary/aromatic N) is 2. The van der Waals surface area contributed by atoms with E-state index in [2.05, 4.69) is 37.5 Å². The number of esters is 1. The number of carbonyl (C=O) groups excluding carboxylic acids is 1. The molecule has 140 valence electrons. The van der Waals surface area contributed by atoms with Gasteiger partial charge < -0.3 is 18.9 Å². The van der Waals surface area contributed by atoms with Crippen LogP contribution in [0.25, 0.3) is 10.9 Å². The molecular weight excluding hydrogens is 408 g/mol. The van der Waals surface area contributed by atoms with Gasteiger partial charge in [0.25, 0.3) is 0 Å². The molecule has 4 rings (SSSR count). The topological polar surface area (TPSA) is 43.7 Å². The van der Waals surface area contributed by atoms with Gasteiger partial charge in [-0.15, -0.1) is 0 Å². The monoisotopic (exact) mass is 428 g/mol. The predicted octanol–water partition coefficient (Wildman–Crippen LogP) is 4.61. The SMILES string of the molecule is CCOC(=O)c1c2n(c3cc(Br)c(OC)cc13)CCN(c1ccccc1)C2. The van der Waals surface area contributed by atoms with Gasteiger partial charge in [0.2, 0.25) is 0 Å². The Morgan fingerprint density at radius 3 is 2.67 bits per heavy atom. The summed E-state index contributed by atoms with van der Waals surface area (Å²) >= 11 is 3.57. The second-order valence-corrected chi connectivity index (χ2v) is 7.31. The Balaban J connectivity index is 1.88. The van der Waals surface area contributed by atoms with Crippen LogP contribution < -0.4 is 9.64 Å². The highest BCUT2D eigenvalue weighted by atomic mass is 79.9. The lowest BCUT2D eigenvalue weighted by Crippen LogP contribution is -2.34. The van der Waals surface area contributed by atoms with E-state index in [1.165, 1.54) is 0 Å². The molecule has 0 spiro atoms. The number of ether oxygens (including phenoxy) is 2. The molecule has 0 aliphatic carbocycles. The van der Waals surface area contributed by atoms with Crippen molar-refractivity contribution in [3.63, 3.8) is 0 Å². The van der Waals surface area contributed by atoms with Crippen LogP contribution in [0.4, 0.5) is 5.69 Å². The first-order chi connectivity index (χ1) is 13.1. The number of methoxy groups -OCH3 is 1. The second kappa shape index (κ2) is 7.27. The molecule has 0 bridgehead atoms. The highest BCUT2D eigenvalue weighted by molar-refractivity contribution is 9.10. The maximum atomic E-state index is 12.8. The Labute approximate surface area is 166 Å². The van der Waals surface area contributed by atoms with Crippen LogP contribution in [0.1, 0.15) is 23.0 Å².